The third kappa shape index (κ3) is 3.10. The first-order chi connectivity index (χ1) is 16.4. The number of carbonyl (C=O) groups is 2. The average molecular weight is 457 g/mol. The number of nitrogens with zero attached hydrogens (tertiary/aromatic N) is 2. The molecule has 1 fully saturated rings. The fraction of sp³-hybridized carbons (Fsp3) is 0.231. The summed E-state index contributed by atoms with van der Waals surface area (Å²) in [7, 11) is 3.37. The van der Waals surface area contributed by atoms with E-state index in [0.717, 1.165) is 0 Å². The number of amides is 1. The molecule has 2 heterocycles. The minimum Gasteiger partial charge on any atom is -0.497 e. The quantitative estimate of drug-likeness (QED) is 0.353. The summed E-state index contributed by atoms with van der Waals surface area (Å²) >= 11 is 0. The Balaban J connectivity index is 1.74. The lowest BCUT2D eigenvalue weighted by Crippen LogP contribution is -2.51. The lowest BCUT2D eigenvalue weighted by Gasteiger charge is -2.35. The number of likely N-dealkylation sites (tertiary alicyclic amines) is 1. The molecule has 0 bridgehead atoms. The van der Waals surface area contributed by atoms with Crippen LogP contribution in [-0.2, 0) is 10.3 Å². The second-order valence-electron chi connectivity index (χ2n) is 8.68. The highest BCUT2D eigenvalue weighted by Crippen LogP contribution is 2.56. The third-order valence-electron chi connectivity index (χ3n) is 7.01. The fourth-order valence-corrected chi connectivity index (χ4v) is 5.50. The van der Waals surface area contributed by atoms with E-state index >= 15 is 0 Å². The number of ketones is 1. The van der Waals surface area contributed by atoms with E-state index in [9.17, 15) is 19.7 Å². The summed E-state index contributed by atoms with van der Waals surface area (Å²) in [6.07, 6.45) is 0. The van der Waals surface area contributed by atoms with E-state index in [1.165, 1.54) is 12.1 Å². The molecule has 1 saturated heterocycles. The number of likely N-dealkylation sites (N-methyl/N-ethyl adjacent to an activating group) is 1. The number of hydrogen-bond donors (Lipinski definition) is 1. The maximum absolute atomic E-state index is 14.1. The molecule has 1 spiro atoms. The molecule has 1 amide bonds. The predicted octanol–water partition coefficient (Wildman–Crippen LogP) is 3.98. The molecule has 3 aromatic carbocycles. The molecule has 8 heteroatoms. The SMILES string of the molecule is COc1ccc2c(c1)[C@]1(C(=O)N2)C(C(=O)c2ccccc2)[C@@H](c2cccc([N+](=O)[O-])c2)CN1C. The highest BCUT2D eigenvalue weighted by molar-refractivity contribution is 6.12. The van der Waals surface area contributed by atoms with E-state index in [0.29, 0.717) is 34.7 Å². The zero-order valence-corrected chi connectivity index (χ0v) is 18.7. The number of fused-ring (bicyclic) bond motifs is 2. The van der Waals surface area contributed by atoms with Crippen molar-refractivity contribution in [2.45, 2.75) is 11.5 Å². The van der Waals surface area contributed by atoms with Gasteiger partial charge < -0.3 is 10.1 Å². The van der Waals surface area contributed by atoms with Gasteiger partial charge in [0.2, 0.25) is 5.91 Å². The molecule has 172 valence electrons. The fourth-order valence-electron chi connectivity index (χ4n) is 5.50. The number of Topliss-reactive ketones (excluding diaryl/α,β-unsaturated/α-hetero) is 1. The molecular formula is C26H23N3O5. The summed E-state index contributed by atoms with van der Waals surface area (Å²) in [5.74, 6) is -1.16. The summed E-state index contributed by atoms with van der Waals surface area (Å²) in [6, 6.07) is 20.5. The Morgan fingerprint density at radius 1 is 1.12 bits per heavy atom. The molecule has 8 nitrogen and oxygen atoms in total. The Bertz CT molecular complexity index is 1310. The molecule has 0 saturated carbocycles. The minimum absolute atomic E-state index is 0.0510. The van der Waals surface area contributed by atoms with Crippen LogP contribution in [0.15, 0.2) is 72.8 Å². The highest BCUT2D eigenvalue weighted by Gasteiger charge is 2.64. The smallest absolute Gasteiger partial charge is 0.269 e. The summed E-state index contributed by atoms with van der Waals surface area (Å²) < 4.78 is 5.43. The highest BCUT2D eigenvalue weighted by atomic mass is 16.6. The molecule has 0 radical (unpaired) electrons. The number of nitro benzene ring substituents is 1. The van der Waals surface area contributed by atoms with Crippen molar-refractivity contribution >= 4 is 23.1 Å². The van der Waals surface area contributed by atoms with Gasteiger partial charge in [-0.25, -0.2) is 0 Å². The van der Waals surface area contributed by atoms with Gasteiger partial charge in [0.15, 0.2) is 5.78 Å². The van der Waals surface area contributed by atoms with E-state index < -0.39 is 22.3 Å². The van der Waals surface area contributed by atoms with Gasteiger partial charge in [0.25, 0.3) is 5.69 Å². The van der Waals surface area contributed by atoms with Crippen LogP contribution in [0.25, 0.3) is 0 Å². The molecule has 3 atom stereocenters. The van der Waals surface area contributed by atoms with E-state index in [-0.39, 0.29) is 17.4 Å². The van der Waals surface area contributed by atoms with Crippen molar-refractivity contribution in [3.8, 4) is 5.75 Å². The van der Waals surface area contributed by atoms with Crippen molar-refractivity contribution in [1.29, 1.82) is 0 Å². The van der Waals surface area contributed by atoms with E-state index in [1.807, 2.05) is 18.0 Å². The van der Waals surface area contributed by atoms with Gasteiger partial charge in [0.1, 0.15) is 11.3 Å². The van der Waals surface area contributed by atoms with Gasteiger partial charge in [-0.2, -0.15) is 0 Å². The van der Waals surface area contributed by atoms with Crippen molar-refractivity contribution in [2.75, 3.05) is 26.0 Å². The molecule has 34 heavy (non-hydrogen) atoms. The molecular weight excluding hydrogens is 434 g/mol. The Kier molecular flexibility index (Phi) is 5.17. The molecule has 0 aliphatic carbocycles. The number of ether oxygens (including phenoxy) is 1. The lowest BCUT2D eigenvalue weighted by molar-refractivity contribution is -0.384. The summed E-state index contributed by atoms with van der Waals surface area (Å²) in [5, 5.41) is 14.4. The molecule has 1 N–H and O–H groups in total. The van der Waals surface area contributed by atoms with E-state index in [2.05, 4.69) is 5.32 Å². The summed E-state index contributed by atoms with van der Waals surface area (Å²) in [4.78, 5) is 40.7. The normalized spacial score (nSPS) is 23.5. The van der Waals surface area contributed by atoms with Crippen LogP contribution in [-0.4, -0.2) is 42.2 Å². The molecule has 2 aliphatic rings. The zero-order valence-electron chi connectivity index (χ0n) is 18.7. The zero-order chi connectivity index (χ0) is 24.0. The summed E-state index contributed by atoms with van der Waals surface area (Å²) in [5.41, 5.74) is 1.10. The van der Waals surface area contributed by atoms with Crippen molar-refractivity contribution in [1.82, 2.24) is 4.90 Å². The van der Waals surface area contributed by atoms with Crippen LogP contribution in [0.5, 0.6) is 5.75 Å². The molecule has 0 aromatic heterocycles. The number of nitro groups is 1. The van der Waals surface area contributed by atoms with Crippen LogP contribution in [0, 0.1) is 16.0 Å². The molecule has 3 aromatic rings. The first kappa shape index (κ1) is 21.8. The van der Waals surface area contributed by atoms with Crippen LogP contribution in [0.1, 0.15) is 27.4 Å². The number of methoxy groups -OCH3 is 1. The van der Waals surface area contributed by atoms with Crippen molar-refractivity contribution in [3.63, 3.8) is 0 Å². The van der Waals surface area contributed by atoms with E-state index in [4.69, 9.17) is 4.74 Å². The Morgan fingerprint density at radius 2 is 1.88 bits per heavy atom. The van der Waals surface area contributed by atoms with Crippen LogP contribution >= 0.6 is 0 Å². The van der Waals surface area contributed by atoms with Crippen molar-refractivity contribution in [2.24, 2.45) is 5.92 Å². The number of anilines is 1. The van der Waals surface area contributed by atoms with Crippen molar-refractivity contribution < 1.29 is 19.2 Å². The van der Waals surface area contributed by atoms with Crippen LogP contribution < -0.4 is 10.1 Å². The number of non-ortho nitro benzene ring substituents is 1. The van der Waals surface area contributed by atoms with Gasteiger partial charge in [0, 0.05) is 41.4 Å². The number of carbonyl (C=O) groups excluding carboxylic acids is 2. The maximum Gasteiger partial charge on any atom is 0.269 e. The molecule has 2 aliphatic heterocycles. The molecule has 1 unspecified atom stereocenters. The van der Waals surface area contributed by atoms with Gasteiger partial charge >= 0.3 is 0 Å². The Morgan fingerprint density at radius 3 is 2.59 bits per heavy atom. The number of benzene rings is 3. The van der Waals surface area contributed by atoms with Crippen molar-refractivity contribution in [3.05, 3.63) is 99.6 Å². The number of nitrogens with one attached hydrogen (secondary N) is 1. The first-order valence-electron chi connectivity index (χ1n) is 10.9. The third-order valence-corrected chi connectivity index (χ3v) is 7.01. The predicted molar refractivity (Wildman–Crippen MR) is 126 cm³/mol. The monoisotopic (exact) mass is 457 g/mol. The van der Waals surface area contributed by atoms with Gasteiger partial charge in [-0.05, 0) is 30.8 Å². The van der Waals surface area contributed by atoms with Gasteiger partial charge in [-0.1, -0.05) is 42.5 Å². The number of rotatable bonds is 5. The number of hydrogen-bond acceptors (Lipinski definition) is 6. The van der Waals surface area contributed by atoms with Crippen LogP contribution in [0.2, 0.25) is 0 Å². The maximum atomic E-state index is 14.1. The summed E-state index contributed by atoms with van der Waals surface area (Å²) in [6.45, 7) is 0.370. The second kappa shape index (κ2) is 8.07. The van der Waals surface area contributed by atoms with Gasteiger partial charge in [-0.15, -0.1) is 0 Å². The second-order valence-corrected chi connectivity index (χ2v) is 8.68. The van der Waals surface area contributed by atoms with Crippen LogP contribution in [0.4, 0.5) is 11.4 Å². The minimum atomic E-state index is -1.29. The van der Waals surface area contributed by atoms with E-state index in [1.54, 1.807) is 61.7 Å². The molecule has 5 rings (SSSR count). The average Bonchev–Trinajstić information content (AvgIpc) is 3.33. The topological polar surface area (TPSA) is 102 Å². The van der Waals surface area contributed by atoms with Gasteiger partial charge in [-0.3, -0.25) is 24.6 Å². The largest absolute Gasteiger partial charge is 0.497 e. The Labute approximate surface area is 196 Å². The Hall–Kier alpha value is -4.04. The van der Waals surface area contributed by atoms with Gasteiger partial charge in [0.05, 0.1) is 18.0 Å². The van der Waals surface area contributed by atoms with Crippen LogP contribution in [0.3, 0.4) is 0 Å². The lowest BCUT2D eigenvalue weighted by atomic mass is 9.70. The first-order valence-corrected chi connectivity index (χ1v) is 10.9. The standard InChI is InChI=1S/C26H23N3O5/c1-28-15-20(17-9-6-10-18(13-17)29(32)33)23(24(30)16-7-4-3-5-8-16)26(28)21-14-19(34-2)11-12-22(21)27-25(26)31/h3-14,20,23H,15H2,1-2H3,(H,27,31)/t20-,23?,26-/m1/s1.